The van der Waals surface area contributed by atoms with E-state index in [1.165, 1.54) is 0 Å². The zero-order valence-corrected chi connectivity index (χ0v) is 20.2. The van der Waals surface area contributed by atoms with Gasteiger partial charge in [0, 0.05) is 5.56 Å². The molecule has 0 radical (unpaired) electrons. The second kappa shape index (κ2) is 8.30. The van der Waals surface area contributed by atoms with E-state index in [2.05, 4.69) is 17.1 Å². The van der Waals surface area contributed by atoms with Crippen LogP contribution < -0.4 is 9.47 Å². The summed E-state index contributed by atoms with van der Waals surface area (Å²) in [7, 11) is 1.65. The lowest BCUT2D eigenvalue weighted by Gasteiger charge is -2.26. The number of para-hydroxylation sites is 1. The predicted octanol–water partition coefficient (Wildman–Crippen LogP) is 5.58. The Balaban J connectivity index is 1.46. The molecule has 0 saturated heterocycles. The maximum absolute atomic E-state index is 6.48. The number of ether oxygens (including phenoxy) is 2. The van der Waals surface area contributed by atoms with Crippen molar-refractivity contribution in [2.75, 3.05) is 7.11 Å². The molecule has 4 heterocycles. The van der Waals surface area contributed by atoms with Crippen LogP contribution in [0.2, 0.25) is 0 Å². The van der Waals surface area contributed by atoms with E-state index in [0.29, 0.717) is 23.2 Å². The van der Waals surface area contributed by atoms with Gasteiger partial charge in [-0.25, -0.2) is 19.2 Å². The van der Waals surface area contributed by atoms with Crippen molar-refractivity contribution in [1.29, 1.82) is 0 Å². The molecule has 7 rings (SSSR count). The van der Waals surface area contributed by atoms with E-state index in [9.17, 15) is 0 Å². The van der Waals surface area contributed by atoms with Crippen molar-refractivity contribution < 1.29 is 9.47 Å². The number of fused-ring (bicyclic) bond motifs is 4. The molecule has 3 aromatic carbocycles. The van der Waals surface area contributed by atoms with E-state index in [1.807, 2.05) is 84.4 Å². The van der Waals surface area contributed by atoms with Crippen molar-refractivity contribution in [2.24, 2.45) is 0 Å². The number of aromatic nitrogens is 6. The molecule has 1 aliphatic rings. The van der Waals surface area contributed by atoms with E-state index < -0.39 is 0 Å². The van der Waals surface area contributed by atoms with Gasteiger partial charge in [-0.3, -0.25) is 0 Å². The molecule has 8 nitrogen and oxygen atoms in total. The summed E-state index contributed by atoms with van der Waals surface area (Å²) in [6.45, 7) is 2.02. The average Bonchev–Trinajstić information content (AvgIpc) is 3.54. The summed E-state index contributed by atoms with van der Waals surface area (Å²) in [6.07, 6.45) is 1.65. The first kappa shape index (κ1) is 21.3. The van der Waals surface area contributed by atoms with Gasteiger partial charge in [0.05, 0.1) is 35.5 Å². The Morgan fingerprint density at radius 1 is 0.838 bits per heavy atom. The van der Waals surface area contributed by atoms with Crippen LogP contribution in [0.1, 0.15) is 28.3 Å². The third kappa shape index (κ3) is 3.37. The minimum absolute atomic E-state index is 0.179. The van der Waals surface area contributed by atoms with Crippen LogP contribution in [0.5, 0.6) is 17.5 Å². The summed E-state index contributed by atoms with van der Waals surface area (Å²) in [5.74, 6) is 2.37. The smallest absolute Gasteiger partial charge is 0.230 e. The van der Waals surface area contributed by atoms with E-state index in [-0.39, 0.29) is 5.92 Å². The number of hydrogen-bond acceptors (Lipinski definition) is 6. The van der Waals surface area contributed by atoms with Crippen molar-refractivity contribution in [2.45, 2.75) is 12.8 Å². The van der Waals surface area contributed by atoms with Crippen LogP contribution in [0.3, 0.4) is 0 Å². The van der Waals surface area contributed by atoms with Crippen molar-refractivity contribution in [1.82, 2.24) is 29.4 Å². The van der Waals surface area contributed by atoms with E-state index in [0.717, 1.165) is 39.4 Å². The molecular weight excluding hydrogens is 464 g/mol. The Morgan fingerprint density at radius 3 is 2.30 bits per heavy atom. The van der Waals surface area contributed by atoms with Crippen LogP contribution in [0, 0.1) is 6.92 Å². The molecular formula is C29H22N6O2. The second-order valence-corrected chi connectivity index (χ2v) is 8.89. The molecule has 0 fully saturated rings. The molecule has 0 N–H and O–H groups in total. The number of hydrogen-bond donors (Lipinski definition) is 0. The molecule has 37 heavy (non-hydrogen) atoms. The summed E-state index contributed by atoms with van der Waals surface area (Å²) < 4.78 is 15.4. The average molecular weight is 487 g/mol. The largest absolute Gasteiger partial charge is 0.497 e. The van der Waals surface area contributed by atoms with Gasteiger partial charge in [0.25, 0.3) is 0 Å². The first-order chi connectivity index (χ1) is 18.2. The van der Waals surface area contributed by atoms with Crippen LogP contribution >= 0.6 is 0 Å². The van der Waals surface area contributed by atoms with Gasteiger partial charge in [-0.1, -0.05) is 48.5 Å². The topological polar surface area (TPSA) is 79.4 Å². The molecule has 3 aromatic heterocycles. The molecule has 1 aliphatic heterocycles. The Morgan fingerprint density at radius 2 is 1.57 bits per heavy atom. The fraction of sp³-hybridized carbons (Fsp3) is 0.103. The van der Waals surface area contributed by atoms with Crippen LogP contribution in [0.15, 0.2) is 91.3 Å². The number of methoxy groups -OCH3 is 1. The van der Waals surface area contributed by atoms with E-state index in [1.54, 1.807) is 18.0 Å². The maximum Gasteiger partial charge on any atom is 0.230 e. The van der Waals surface area contributed by atoms with Crippen LogP contribution in [-0.4, -0.2) is 36.5 Å². The van der Waals surface area contributed by atoms with Gasteiger partial charge in [0.15, 0.2) is 11.5 Å². The molecule has 0 aliphatic carbocycles. The van der Waals surface area contributed by atoms with Gasteiger partial charge in [-0.15, -0.1) is 5.10 Å². The number of benzene rings is 3. The first-order valence-electron chi connectivity index (χ1n) is 12.0. The molecule has 0 saturated carbocycles. The van der Waals surface area contributed by atoms with Crippen LogP contribution in [0.4, 0.5) is 0 Å². The number of aryl methyl sites for hydroxylation is 1. The summed E-state index contributed by atoms with van der Waals surface area (Å²) in [5.41, 5.74) is 6.36. The lowest BCUT2D eigenvalue weighted by atomic mass is 9.84. The highest BCUT2D eigenvalue weighted by molar-refractivity contribution is 5.69. The molecule has 6 aromatic rings. The zero-order valence-electron chi connectivity index (χ0n) is 20.2. The summed E-state index contributed by atoms with van der Waals surface area (Å²) >= 11 is 0. The highest BCUT2D eigenvalue weighted by atomic mass is 16.5. The Hall–Kier alpha value is -4.98. The lowest BCUT2D eigenvalue weighted by molar-refractivity contribution is 0.402. The third-order valence-electron chi connectivity index (χ3n) is 6.70. The molecule has 8 heteroatoms. The Bertz CT molecular complexity index is 1740. The predicted molar refractivity (Wildman–Crippen MR) is 139 cm³/mol. The second-order valence-electron chi connectivity index (χ2n) is 8.89. The molecule has 0 bridgehead atoms. The van der Waals surface area contributed by atoms with Gasteiger partial charge in [-0.05, 0) is 48.9 Å². The van der Waals surface area contributed by atoms with Crippen LogP contribution in [-0.2, 0) is 0 Å². The fourth-order valence-electron chi connectivity index (χ4n) is 4.96. The van der Waals surface area contributed by atoms with Gasteiger partial charge >= 0.3 is 0 Å². The lowest BCUT2D eigenvalue weighted by Crippen LogP contribution is -2.16. The SMILES string of the molecule is COc1ccc(-c2nc3c4c(ncn3n2)Oc2c(c(C)nn2-c2ccccc2)[C@@H]4c2ccccc2)cc1. The third-order valence-corrected chi connectivity index (χ3v) is 6.70. The van der Waals surface area contributed by atoms with Crippen molar-refractivity contribution >= 4 is 5.65 Å². The normalized spacial score (nSPS) is 14.2. The maximum atomic E-state index is 6.48. The monoisotopic (exact) mass is 486 g/mol. The number of nitrogens with zero attached hydrogens (tertiary/aromatic N) is 6. The standard InChI is InChI=1S/C29H22N6O2/c1-18-23-24(19-9-5-3-6-10-19)25-27-31-26(20-13-15-22(36-2)16-14-20)33-34(27)17-30-28(25)37-29(23)35(32-18)21-11-7-4-8-12-21/h3-17,24H,1-2H3/t24-/m0/s1. The zero-order chi connectivity index (χ0) is 24.9. The Labute approximate surface area is 212 Å². The van der Waals surface area contributed by atoms with Crippen molar-refractivity contribution in [3.05, 3.63) is 114 Å². The molecule has 0 spiro atoms. The molecule has 1 atom stereocenters. The Kier molecular flexibility index (Phi) is 4.78. The highest BCUT2D eigenvalue weighted by Gasteiger charge is 2.38. The molecule has 0 amide bonds. The first-order valence-corrected chi connectivity index (χ1v) is 12.0. The molecule has 180 valence electrons. The number of rotatable bonds is 4. The quantitative estimate of drug-likeness (QED) is 0.323. The van der Waals surface area contributed by atoms with E-state index in [4.69, 9.17) is 24.7 Å². The van der Waals surface area contributed by atoms with Gasteiger partial charge in [0.2, 0.25) is 11.8 Å². The van der Waals surface area contributed by atoms with Crippen molar-refractivity contribution in [3.8, 4) is 34.6 Å². The molecule has 0 unspecified atom stereocenters. The van der Waals surface area contributed by atoms with Crippen molar-refractivity contribution in [3.63, 3.8) is 0 Å². The van der Waals surface area contributed by atoms with Crippen LogP contribution in [0.25, 0.3) is 22.7 Å². The van der Waals surface area contributed by atoms with E-state index >= 15 is 0 Å². The fourth-order valence-corrected chi connectivity index (χ4v) is 4.96. The summed E-state index contributed by atoms with van der Waals surface area (Å²) in [6, 6.07) is 28.0. The highest BCUT2D eigenvalue weighted by Crippen LogP contribution is 2.49. The summed E-state index contributed by atoms with van der Waals surface area (Å²) in [4.78, 5) is 9.64. The van der Waals surface area contributed by atoms with Gasteiger partial charge < -0.3 is 9.47 Å². The minimum atomic E-state index is -0.179. The minimum Gasteiger partial charge on any atom is -0.497 e. The summed E-state index contributed by atoms with van der Waals surface area (Å²) in [5, 5.41) is 9.61. The van der Waals surface area contributed by atoms with Gasteiger partial charge in [-0.2, -0.15) is 5.10 Å². The van der Waals surface area contributed by atoms with Gasteiger partial charge in [0.1, 0.15) is 12.1 Å².